The summed E-state index contributed by atoms with van der Waals surface area (Å²) in [6.45, 7) is 18.6. The van der Waals surface area contributed by atoms with Crippen LogP contribution in [0.2, 0.25) is 0 Å². The Bertz CT molecular complexity index is 867. The molecule has 158 valence electrons. The molecule has 0 radical (unpaired) electrons. The average Bonchev–Trinajstić information content (AvgIpc) is 3.18. The van der Waals surface area contributed by atoms with Gasteiger partial charge in [0.1, 0.15) is 5.75 Å². The molecule has 1 saturated carbocycles. The minimum absolute atomic E-state index is 0.0378. The molecule has 3 nitrogen and oxygen atoms in total. The van der Waals surface area contributed by atoms with Crippen molar-refractivity contribution in [3.05, 3.63) is 52.6 Å². The SMILES string of the molecule is CCOC(=O)/C=C(C)/C=C/[C@@H]1C[C@]1(C)c1cc(C(C)(C)C)c2c(c1)C(C)(C)CO2. The molecule has 0 saturated heterocycles. The van der Waals surface area contributed by atoms with Gasteiger partial charge in [0.05, 0.1) is 13.2 Å². The second kappa shape index (κ2) is 7.34. The highest BCUT2D eigenvalue weighted by atomic mass is 16.5. The summed E-state index contributed by atoms with van der Waals surface area (Å²) >= 11 is 0. The topological polar surface area (TPSA) is 35.5 Å². The molecule has 1 aliphatic heterocycles. The molecule has 0 bridgehead atoms. The third kappa shape index (κ3) is 4.29. The first kappa shape index (κ1) is 21.7. The number of carbonyl (C=O) groups excluding carboxylic acids is 1. The fraction of sp³-hybridized carbons (Fsp3) is 0.577. The first-order valence-corrected chi connectivity index (χ1v) is 10.7. The van der Waals surface area contributed by atoms with Crippen molar-refractivity contribution in [1.29, 1.82) is 0 Å². The zero-order chi connectivity index (χ0) is 21.6. The molecule has 29 heavy (non-hydrogen) atoms. The van der Waals surface area contributed by atoms with E-state index in [-0.39, 0.29) is 22.2 Å². The van der Waals surface area contributed by atoms with Crippen molar-refractivity contribution in [3.8, 4) is 5.75 Å². The van der Waals surface area contributed by atoms with Crippen LogP contribution in [0.15, 0.2) is 35.9 Å². The highest BCUT2D eigenvalue weighted by Gasteiger charge is 2.51. The number of hydrogen-bond donors (Lipinski definition) is 0. The molecule has 0 N–H and O–H groups in total. The summed E-state index contributed by atoms with van der Waals surface area (Å²) in [5.41, 5.74) is 5.20. The van der Waals surface area contributed by atoms with Gasteiger partial charge in [-0.15, -0.1) is 0 Å². The molecule has 3 heteroatoms. The molecule has 1 aromatic rings. The van der Waals surface area contributed by atoms with Crippen LogP contribution in [0.3, 0.4) is 0 Å². The minimum Gasteiger partial charge on any atom is -0.492 e. The van der Waals surface area contributed by atoms with Crippen molar-refractivity contribution in [2.24, 2.45) is 5.92 Å². The Hall–Kier alpha value is -2.03. The summed E-state index contributed by atoms with van der Waals surface area (Å²) < 4.78 is 11.1. The maximum Gasteiger partial charge on any atom is 0.330 e. The highest BCUT2D eigenvalue weighted by molar-refractivity contribution is 5.83. The van der Waals surface area contributed by atoms with Gasteiger partial charge in [-0.25, -0.2) is 4.79 Å². The van der Waals surface area contributed by atoms with Crippen LogP contribution in [0.5, 0.6) is 5.75 Å². The lowest BCUT2D eigenvalue weighted by Crippen LogP contribution is -2.19. The first-order chi connectivity index (χ1) is 13.4. The zero-order valence-corrected chi connectivity index (χ0v) is 19.3. The molecule has 0 spiro atoms. The van der Waals surface area contributed by atoms with Crippen molar-refractivity contribution >= 4 is 5.97 Å². The first-order valence-electron chi connectivity index (χ1n) is 10.7. The van der Waals surface area contributed by atoms with Crippen molar-refractivity contribution in [2.75, 3.05) is 13.2 Å². The Morgan fingerprint density at radius 2 is 1.97 bits per heavy atom. The van der Waals surface area contributed by atoms with Crippen molar-refractivity contribution in [3.63, 3.8) is 0 Å². The van der Waals surface area contributed by atoms with E-state index in [1.54, 1.807) is 6.08 Å². The molecule has 1 heterocycles. The monoisotopic (exact) mass is 396 g/mol. The summed E-state index contributed by atoms with van der Waals surface area (Å²) in [5.74, 6) is 1.30. The van der Waals surface area contributed by atoms with Gasteiger partial charge in [0.2, 0.25) is 0 Å². The number of allylic oxidation sites excluding steroid dienone is 3. The lowest BCUT2D eigenvalue weighted by Gasteiger charge is -2.26. The Balaban J connectivity index is 1.88. The van der Waals surface area contributed by atoms with Crippen LogP contribution in [-0.4, -0.2) is 19.2 Å². The molecule has 1 aliphatic carbocycles. The van der Waals surface area contributed by atoms with Crippen LogP contribution < -0.4 is 4.74 Å². The number of hydrogen-bond acceptors (Lipinski definition) is 3. The number of benzene rings is 1. The maximum atomic E-state index is 11.6. The molecule has 1 aromatic carbocycles. The van der Waals surface area contributed by atoms with Gasteiger partial charge in [-0.2, -0.15) is 0 Å². The summed E-state index contributed by atoms with van der Waals surface area (Å²) in [5, 5.41) is 0. The molecule has 0 aromatic heterocycles. The van der Waals surface area contributed by atoms with Gasteiger partial charge in [-0.1, -0.05) is 65.8 Å². The van der Waals surface area contributed by atoms with E-state index < -0.39 is 0 Å². The smallest absolute Gasteiger partial charge is 0.330 e. The number of rotatable bonds is 5. The van der Waals surface area contributed by atoms with Crippen molar-refractivity contribution < 1.29 is 14.3 Å². The fourth-order valence-electron chi connectivity index (χ4n) is 4.20. The Morgan fingerprint density at radius 1 is 1.28 bits per heavy atom. The van der Waals surface area contributed by atoms with E-state index in [1.807, 2.05) is 13.8 Å². The van der Waals surface area contributed by atoms with E-state index in [0.717, 1.165) is 24.4 Å². The highest BCUT2D eigenvalue weighted by Crippen LogP contribution is 2.57. The molecule has 0 amide bonds. The molecular weight excluding hydrogens is 360 g/mol. The summed E-state index contributed by atoms with van der Waals surface area (Å²) in [7, 11) is 0. The van der Waals surface area contributed by atoms with E-state index >= 15 is 0 Å². The molecule has 3 rings (SSSR count). The van der Waals surface area contributed by atoms with E-state index in [4.69, 9.17) is 9.47 Å². The number of carbonyl (C=O) groups is 1. The van der Waals surface area contributed by atoms with Gasteiger partial charge in [0, 0.05) is 22.6 Å². The van der Waals surface area contributed by atoms with Gasteiger partial charge in [0.25, 0.3) is 0 Å². The standard InChI is InChI=1S/C26H36O3/c1-9-28-22(27)12-17(2)10-11-18-15-26(18,8)19-13-20(24(3,4)5)23-21(14-19)25(6,7)16-29-23/h10-14,18H,9,15-16H2,1-8H3/b11-10+,17-12+/t18-,26+/m1/s1. The molecule has 0 unspecified atom stereocenters. The van der Waals surface area contributed by atoms with Crippen molar-refractivity contribution in [1.82, 2.24) is 0 Å². The predicted octanol–water partition coefficient (Wildman–Crippen LogP) is 6.00. The van der Waals surface area contributed by atoms with Gasteiger partial charge in [-0.3, -0.25) is 0 Å². The van der Waals surface area contributed by atoms with E-state index in [2.05, 4.69) is 65.8 Å². The summed E-state index contributed by atoms with van der Waals surface area (Å²) in [6, 6.07) is 4.75. The zero-order valence-electron chi connectivity index (χ0n) is 19.3. The third-order valence-corrected chi connectivity index (χ3v) is 6.39. The lowest BCUT2D eigenvalue weighted by atomic mass is 9.77. The number of esters is 1. The second-order valence-electron chi connectivity index (χ2n) is 10.6. The summed E-state index contributed by atoms with van der Waals surface area (Å²) in [6.07, 6.45) is 6.99. The summed E-state index contributed by atoms with van der Waals surface area (Å²) in [4.78, 5) is 11.6. The lowest BCUT2D eigenvalue weighted by molar-refractivity contribution is -0.137. The average molecular weight is 397 g/mol. The molecule has 2 atom stereocenters. The Kier molecular flexibility index (Phi) is 5.49. The predicted molar refractivity (Wildman–Crippen MR) is 119 cm³/mol. The van der Waals surface area contributed by atoms with Gasteiger partial charge >= 0.3 is 5.97 Å². The van der Waals surface area contributed by atoms with Crippen LogP contribution >= 0.6 is 0 Å². The van der Waals surface area contributed by atoms with E-state index in [0.29, 0.717) is 12.5 Å². The van der Waals surface area contributed by atoms with E-state index in [1.165, 1.54) is 16.7 Å². The largest absolute Gasteiger partial charge is 0.492 e. The minimum atomic E-state index is -0.274. The third-order valence-electron chi connectivity index (χ3n) is 6.39. The number of fused-ring (bicyclic) bond motifs is 1. The maximum absolute atomic E-state index is 11.6. The molecule has 2 aliphatic rings. The van der Waals surface area contributed by atoms with Gasteiger partial charge < -0.3 is 9.47 Å². The van der Waals surface area contributed by atoms with Gasteiger partial charge in [-0.05, 0) is 48.2 Å². The van der Waals surface area contributed by atoms with Crippen LogP contribution in [0.1, 0.15) is 78.5 Å². The molecule has 1 fully saturated rings. The normalized spacial score (nSPS) is 25.7. The van der Waals surface area contributed by atoms with Crippen LogP contribution in [0.4, 0.5) is 0 Å². The number of ether oxygens (including phenoxy) is 2. The second-order valence-corrected chi connectivity index (χ2v) is 10.6. The van der Waals surface area contributed by atoms with E-state index in [9.17, 15) is 4.79 Å². The molecular formula is C26H36O3. The van der Waals surface area contributed by atoms with Crippen LogP contribution in [0.25, 0.3) is 0 Å². The van der Waals surface area contributed by atoms with Crippen molar-refractivity contribution in [2.45, 2.75) is 78.1 Å². The van der Waals surface area contributed by atoms with Crippen LogP contribution in [0, 0.1) is 5.92 Å². The fourth-order valence-corrected chi connectivity index (χ4v) is 4.20. The van der Waals surface area contributed by atoms with Gasteiger partial charge in [0.15, 0.2) is 0 Å². The quantitative estimate of drug-likeness (QED) is 0.348. The Morgan fingerprint density at radius 3 is 2.59 bits per heavy atom. The van der Waals surface area contributed by atoms with Crippen LogP contribution in [-0.2, 0) is 25.8 Å². The Labute approximate surface area is 176 Å².